The Morgan fingerprint density at radius 2 is 2.14 bits per heavy atom. The van der Waals surface area contributed by atoms with Crippen molar-refractivity contribution in [2.45, 2.75) is 6.04 Å². The molecule has 0 aliphatic carbocycles. The van der Waals surface area contributed by atoms with Crippen molar-refractivity contribution in [1.29, 1.82) is 0 Å². The number of aromatic nitrogens is 1. The molecular formula is C15H17N5O. The maximum absolute atomic E-state index is 11.7. The van der Waals surface area contributed by atoms with Gasteiger partial charge in [-0.2, -0.15) is 0 Å². The Kier molecular flexibility index (Phi) is 2.63. The number of nitrogens with zero attached hydrogens (tertiary/aromatic N) is 3. The third-order valence-electron chi connectivity index (χ3n) is 4.40. The molecule has 4 rings (SSSR count). The molecule has 2 amide bonds. The SMILES string of the molecule is Nc1ccc(N2CCN3C(=O)NCC3C2)c2ccncc12. The number of urea groups is 1. The van der Waals surface area contributed by atoms with Crippen LogP contribution in [-0.2, 0) is 0 Å². The van der Waals surface area contributed by atoms with Crippen molar-refractivity contribution >= 4 is 28.2 Å². The van der Waals surface area contributed by atoms with Crippen molar-refractivity contribution in [3.8, 4) is 0 Å². The number of piperazine rings is 1. The van der Waals surface area contributed by atoms with Crippen molar-refractivity contribution in [3.63, 3.8) is 0 Å². The lowest BCUT2D eigenvalue weighted by atomic mass is 10.1. The minimum absolute atomic E-state index is 0.0611. The summed E-state index contributed by atoms with van der Waals surface area (Å²) in [5.74, 6) is 0. The Bertz CT molecular complexity index is 716. The molecule has 1 aromatic carbocycles. The monoisotopic (exact) mass is 283 g/mol. The third-order valence-corrected chi connectivity index (χ3v) is 4.40. The van der Waals surface area contributed by atoms with E-state index in [1.807, 2.05) is 23.2 Å². The standard InChI is InChI=1S/C15H17N5O/c16-13-1-2-14(11-3-4-17-8-12(11)13)19-5-6-20-10(9-19)7-18-15(20)21/h1-4,8,10H,5-7,9,16H2,(H,18,21). The van der Waals surface area contributed by atoms with Gasteiger partial charge in [0.1, 0.15) is 0 Å². The van der Waals surface area contributed by atoms with Crippen LogP contribution in [0.25, 0.3) is 10.8 Å². The maximum Gasteiger partial charge on any atom is 0.317 e. The molecular weight excluding hydrogens is 266 g/mol. The topological polar surface area (TPSA) is 74.5 Å². The van der Waals surface area contributed by atoms with E-state index in [0.29, 0.717) is 0 Å². The van der Waals surface area contributed by atoms with Gasteiger partial charge in [-0.25, -0.2) is 4.79 Å². The number of carbonyl (C=O) groups excluding carboxylic acids is 1. The lowest BCUT2D eigenvalue weighted by molar-refractivity contribution is 0.198. The average molecular weight is 283 g/mol. The largest absolute Gasteiger partial charge is 0.398 e. The number of hydrogen-bond acceptors (Lipinski definition) is 4. The van der Waals surface area contributed by atoms with Crippen molar-refractivity contribution in [2.75, 3.05) is 36.8 Å². The smallest absolute Gasteiger partial charge is 0.317 e. The van der Waals surface area contributed by atoms with Crippen molar-refractivity contribution in [2.24, 2.45) is 0 Å². The van der Waals surface area contributed by atoms with Crippen molar-refractivity contribution < 1.29 is 4.79 Å². The van der Waals surface area contributed by atoms with E-state index in [9.17, 15) is 4.79 Å². The van der Waals surface area contributed by atoms with Gasteiger partial charge < -0.3 is 20.9 Å². The van der Waals surface area contributed by atoms with Crippen LogP contribution in [0.4, 0.5) is 16.2 Å². The first-order valence-corrected chi connectivity index (χ1v) is 7.15. The summed E-state index contributed by atoms with van der Waals surface area (Å²) >= 11 is 0. The maximum atomic E-state index is 11.7. The Balaban J connectivity index is 1.71. The number of pyridine rings is 1. The Hall–Kier alpha value is -2.50. The first-order chi connectivity index (χ1) is 10.2. The first kappa shape index (κ1) is 12.3. The average Bonchev–Trinajstić information content (AvgIpc) is 2.89. The summed E-state index contributed by atoms with van der Waals surface area (Å²) in [5, 5.41) is 5.02. The van der Waals surface area contributed by atoms with Crippen molar-refractivity contribution in [3.05, 3.63) is 30.6 Å². The van der Waals surface area contributed by atoms with E-state index < -0.39 is 0 Å². The number of amides is 2. The van der Waals surface area contributed by atoms with Crippen LogP contribution in [-0.4, -0.2) is 48.1 Å². The van der Waals surface area contributed by atoms with Gasteiger partial charge in [0.05, 0.1) is 6.04 Å². The second-order valence-electron chi connectivity index (χ2n) is 5.57. The summed E-state index contributed by atoms with van der Waals surface area (Å²) in [4.78, 5) is 20.1. The Morgan fingerprint density at radius 1 is 1.24 bits per heavy atom. The third kappa shape index (κ3) is 1.86. The molecule has 2 saturated heterocycles. The molecule has 0 saturated carbocycles. The van der Waals surface area contributed by atoms with E-state index in [1.54, 1.807) is 6.20 Å². The molecule has 1 unspecified atom stereocenters. The van der Waals surface area contributed by atoms with Gasteiger partial charge in [-0.3, -0.25) is 4.98 Å². The summed E-state index contributed by atoms with van der Waals surface area (Å²) < 4.78 is 0. The zero-order chi connectivity index (χ0) is 14.4. The lowest BCUT2D eigenvalue weighted by Gasteiger charge is -2.38. The van der Waals surface area contributed by atoms with Crippen LogP contribution in [0.5, 0.6) is 0 Å². The van der Waals surface area contributed by atoms with Gasteiger partial charge in [0.15, 0.2) is 0 Å². The van der Waals surface area contributed by atoms with Crippen LogP contribution >= 0.6 is 0 Å². The molecule has 2 aliphatic heterocycles. The van der Waals surface area contributed by atoms with Crippen molar-refractivity contribution in [1.82, 2.24) is 15.2 Å². The minimum atomic E-state index is 0.0611. The molecule has 6 heteroatoms. The number of anilines is 2. The molecule has 1 aromatic heterocycles. The molecule has 2 aliphatic rings. The molecule has 3 N–H and O–H groups in total. The predicted octanol–water partition coefficient (Wildman–Crippen LogP) is 1.03. The fourth-order valence-electron chi connectivity index (χ4n) is 3.29. The second-order valence-corrected chi connectivity index (χ2v) is 5.57. The number of hydrogen-bond donors (Lipinski definition) is 2. The highest BCUT2D eigenvalue weighted by Crippen LogP contribution is 2.31. The van der Waals surface area contributed by atoms with E-state index >= 15 is 0 Å². The lowest BCUT2D eigenvalue weighted by Crippen LogP contribution is -2.52. The molecule has 2 fully saturated rings. The van der Waals surface area contributed by atoms with Crippen LogP contribution in [0.2, 0.25) is 0 Å². The number of nitrogen functional groups attached to an aromatic ring is 1. The summed E-state index contributed by atoms with van der Waals surface area (Å²) in [6, 6.07) is 6.32. The molecule has 6 nitrogen and oxygen atoms in total. The molecule has 0 radical (unpaired) electrons. The molecule has 0 spiro atoms. The zero-order valence-corrected chi connectivity index (χ0v) is 11.6. The first-order valence-electron chi connectivity index (χ1n) is 7.15. The molecule has 1 atom stereocenters. The van der Waals surface area contributed by atoms with E-state index in [-0.39, 0.29) is 12.1 Å². The predicted molar refractivity (Wildman–Crippen MR) is 82.3 cm³/mol. The van der Waals surface area contributed by atoms with Gasteiger partial charge in [-0.15, -0.1) is 0 Å². The Labute approximate surface area is 122 Å². The number of benzene rings is 1. The van der Waals surface area contributed by atoms with Gasteiger partial charge in [0.2, 0.25) is 0 Å². The zero-order valence-electron chi connectivity index (χ0n) is 11.6. The van der Waals surface area contributed by atoms with Crippen LogP contribution in [0.3, 0.4) is 0 Å². The van der Waals surface area contributed by atoms with Gasteiger partial charge in [0.25, 0.3) is 0 Å². The van der Waals surface area contributed by atoms with Crippen LogP contribution in [0, 0.1) is 0 Å². The fourth-order valence-corrected chi connectivity index (χ4v) is 3.29. The van der Waals surface area contributed by atoms with E-state index in [1.165, 1.54) is 5.69 Å². The van der Waals surface area contributed by atoms with Crippen LogP contribution in [0.15, 0.2) is 30.6 Å². The molecule has 3 heterocycles. The number of nitrogens with one attached hydrogen (secondary N) is 1. The second kappa shape index (κ2) is 4.51. The summed E-state index contributed by atoms with van der Waals surface area (Å²) in [6.07, 6.45) is 3.60. The Morgan fingerprint density at radius 3 is 3.05 bits per heavy atom. The highest BCUT2D eigenvalue weighted by molar-refractivity contribution is 6.01. The number of nitrogens with two attached hydrogens (primary N) is 1. The minimum Gasteiger partial charge on any atom is -0.398 e. The number of carbonyl (C=O) groups is 1. The van der Waals surface area contributed by atoms with Gasteiger partial charge in [-0.05, 0) is 18.2 Å². The summed E-state index contributed by atoms with van der Waals surface area (Å²) in [7, 11) is 0. The van der Waals surface area contributed by atoms with Crippen LogP contribution in [0.1, 0.15) is 0 Å². The van der Waals surface area contributed by atoms with E-state index in [2.05, 4.69) is 21.3 Å². The summed E-state index contributed by atoms with van der Waals surface area (Å²) in [5.41, 5.74) is 7.95. The highest BCUT2D eigenvalue weighted by atomic mass is 16.2. The quantitative estimate of drug-likeness (QED) is 0.767. The van der Waals surface area contributed by atoms with Gasteiger partial charge >= 0.3 is 6.03 Å². The van der Waals surface area contributed by atoms with E-state index in [0.717, 1.165) is 42.6 Å². The normalized spacial score (nSPS) is 21.5. The molecule has 2 aromatic rings. The number of fused-ring (bicyclic) bond motifs is 2. The van der Waals surface area contributed by atoms with Crippen LogP contribution < -0.4 is 16.0 Å². The molecule has 21 heavy (non-hydrogen) atoms. The summed E-state index contributed by atoms with van der Waals surface area (Å²) in [6.45, 7) is 3.17. The molecule has 108 valence electrons. The number of rotatable bonds is 1. The van der Waals surface area contributed by atoms with Gasteiger partial charge in [-0.1, -0.05) is 0 Å². The molecule has 0 bridgehead atoms. The highest BCUT2D eigenvalue weighted by Gasteiger charge is 2.35. The van der Waals surface area contributed by atoms with E-state index in [4.69, 9.17) is 5.73 Å². The van der Waals surface area contributed by atoms with Gasteiger partial charge in [0, 0.05) is 60.7 Å². The fraction of sp³-hybridized carbons (Fsp3) is 0.333.